The summed E-state index contributed by atoms with van der Waals surface area (Å²) in [5, 5.41) is 18.6. The van der Waals surface area contributed by atoms with Gasteiger partial charge in [-0.1, -0.05) is 30.0 Å². The van der Waals surface area contributed by atoms with Gasteiger partial charge in [0, 0.05) is 14.2 Å². The lowest BCUT2D eigenvalue weighted by molar-refractivity contribution is -0.149. The van der Waals surface area contributed by atoms with E-state index in [9.17, 15) is 9.59 Å². The molecule has 0 N–H and O–H groups in total. The van der Waals surface area contributed by atoms with Crippen LogP contribution in [-0.2, 0) is 19.1 Å². The van der Waals surface area contributed by atoms with Crippen LogP contribution >= 0.6 is 23.1 Å². The topological polar surface area (TPSA) is 110 Å². The molecule has 0 atom stereocenters. The SMILES string of the molecule is CCSc1nnc(N=NC2C(=O)N(CCOC)N(CCOC)C2=O)s1. The molecular formula is C13H20N6O4S2. The maximum Gasteiger partial charge on any atom is 0.277 e. The van der Waals surface area contributed by atoms with E-state index >= 15 is 0 Å². The predicted octanol–water partition coefficient (Wildman–Crippen LogP) is 0.981. The normalized spacial score (nSPS) is 16.0. The number of nitrogens with zero attached hydrogens (tertiary/aromatic N) is 6. The van der Waals surface area contributed by atoms with Crippen molar-refractivity contribution in [3.8, 4) is 0 Å². The van der Waals surface area contributed by atoms with Gasteiger partial charge in [0.05, 0.1) is 26.3 Å². The summed E-state index contributed by atoms with van der Waals surface area (Å²) in [6, 6.07) is -1.21. The van der Waals surface area contributed by atoms with Crippen molar-refractivity contribution >= 4 is 40.0 Å². The Kier molecular flexibility index (Phi) is 7.68. The van der Waals surface area contributed by atoms with Crippen molar-refractivity contribution in [2.75, 3.05) is 46.3 Å². The van der Waals surface area contributed by atoms with Gasteiger partial charge in [0.2, 0.25) is 6.04 Å². The largest absolute Gasteiger partial charge is 0.383 e. The number of azo groups is 1. The van der Waals surface area contributed by atoms with E-state index in [2.05, 4.69) is 20.4 Å². The van der Waals surface area contributed by atoms with Crippen LogP contribution in [0.3, 0.4) is 0 Å². The van der Waals surface area contributed by atoms with Gasteiger partial charge in [-0.15, -0.1) is 15.3 Å². The lowest BCUT2D eigenvalue weighted by Crippen LogP contribution is -2.44. The average molecular weight is 388 g/mol. The molecule has 1 aromatic rings. The highest BCUT2D eigenvalue weighted by molar-refractivity contribution is 8.01. The molecule has 1 aliphatic rings. The number of carbonyl (C=O) groups is 2. The molecule has 2 heterocycles. The zero-order valence-corrected chi connectivity index (χ0v) is 15.9. The third-order valence-electron chi connectivity index (χ3n) is 3.20. The molecule has 2 amide bonds. The number of aromatic nitrogens is 2. The third-order valence-corrected chi connectivity index (χ3v) is 5.03. The minimum atomic E-state index is -1.21. The number of hydrogen-bond acceptors (Lipinski definition) is 10. The predicted molar refractivity (Wildman–Crippen MR) is 91.8 cm³/mol. The smallest absolute Gasteiger partial charge is 0.277 e. The van der Waals surface area contributed by atoms with Crippen molar-refractivity contribution in [2.24, 2.45) is 10.2 Å². The number of thioether (sulfide) groups is 1. The highest BCUT2D eigenvalue weighted by Crippen LogP contribution is 2.28. The number of methoxy groups -OCH3 is 2. The Morgan fingerprint density at radius 2 is 1.72 bits per heavy atom. The van der Waals surface area contributed by atoms with Gasteiger partial charge in [0.15, 0.2) is 4.34 Å². The van der Waals surface area contributed by atoms with Gasteiger partial charge in [0.25, 0.3) is 16.9 Å². The van der Waals surface area contributed by atoms with Crippen molar-refractivity contribution < 1.29 is 19.1 Å². The minimum Gasteiger partial charge on any atom is -0.383 e. The van der Waals surface area contributed by atoms with Crippen molar-refractivity contribution in [3.05, 3.63) is 0 Å². The van der Waals surface area contributed by atoms with E-state index < -0.39 is 17.9 Å². The first-order chi connectivity index (χ1) is 12.1. The third kappa shape index (κ3) is 4.93. The van der Waals surface area contributed by atoms with Crippen molar-refractivity contribution in [3.63, 3.8) is 0 Å². The summed E-state index contributed by atoms with van der Waals surface area (Å²) in [4.78, 5) is 25.0. The molecule has 0 bridgehead atoms. The Hall–Kier alpha value is -1.63. The summed E-state index contributed by atoms with van der Waals surface area (Å²) in [7, 11) is 3.06. The Labute approximate surface area is 153 Å². The van der Waals surface area contributed by atoms with Crippen LogP contribution in [0.1, 0.15) is 6.92 Å². The van der Waals surface area contributed by atoms with Crippen molar-refractivity contribution in [2.45, 2.75) is 17.3 Å². The van der Waals surface area contributed by atoms with Gasteiger partial charge < -0.3 is 9.47 Å². The minimum absolute atomic E-state index is 0.257. The fraction of sp³-hybridized carbons (Fsp3) is 0.692. The molecule has 0 saturated carbocycles. The van der Waals surface area contributed by atoms with Crippen LogP contribution in [-0.4, -0.2) is 84.3 Å². The Morgan fingerprint density at radius 3 is 2.24 bits per heavy atom. The van der Waals surface area contributed by atoms with Crippen LogP contribution in [0.2, 0.25) is 0 Å². The first kappa shape index (κ1) is 19.7. The van der Waals surface area contributed by atoms with Crippen LogP contribution in [0.25, 0.3) is 0 Å². The van der Waals surface area contributed by atoms with E-state index in [0.29, 0.717) is 18.3 Å². The monoisotopic (exact) mass is 388 g/mol. The van der Waals surface area contributed by atoms with Crippen LogP contribution in [0.4, 0.5) is 5.13 Å². The summed E-state index contributed by atoms with van der Waals surface area (Å²) < 4.78 is 10.8. The van der Waals surface area contributed by atoms with Crippen molar-refractivity contribution in [1.82, 2.24) is 20.2 Å². The molecule has 2 rings (SSSR count). The molecule has 0 spiro atoms. The van der Waals surface area contributed by atoms with Crippen LogP contribution in [0, 0.1) is 0 Å². The molecule has 0 radical (unpaired) electrons. The molecule has 1 aromatic heterocycles. The molecule has 0 unspecified atom stereocenters. The molecule has 1 aliphatic heterocycles. The van der Waals surface area contributed by atoms with Crippen molar-refractivity contribution in [1.29, 1.82) is 0 Å². The molecule has 138 valence electrons. The van der Waals surface area contributed by atoms with Crippen LogP contribution in [0.15, 0.2) is 14.6 Å². The maximum atomic E-state index is 12.5. The standard InChI is InChI=1S/C13H20N6O4S2/c1-4-24-13-17-16-12(25-13)15-14-9-10(20)18(5-7-22-2)19(11(9)21)6-8-23-3/h9H,4-8H2,1-3H3. The second-order valence-electron chi connectivity index (χ2n) is 4.81. The van der Waals surface area contributed by atoms with E-state index in [1.54, 1.807) is 0 Å². The summed E-state index contributed by atoms with van der Waals surface area (Å²) in [6.45, 7) is 3.13. The van der Waals surface area contributed by atoms with E-state index in [1.807, 2.05) is 6.92 Å². The number of hydrazine groups is 1. The van der Waals surface area contributed by atoms with E-state index in [-0.39, 0.29) is 13.1 Å². The van der Waals surface area contributed by atoms with Gasteiger partial charge >= 0.3 is 0 Å². The molecule has 0 aromatic carbocycles. The second-order valence-corrected chi connectivity index (χ2v) is 7.28. The van der Waals surface area contributed by atoms with E-state index in [4.69, 9.17) is 9.47 Å². The van der Waals surface area contributed by atoms with Gasteiger partial charge in [-0.05, 0) is 5.75 Å². The molecule has 12 heteroatoms. The Morgan fingerprint density at radius 1 is 1.12 bits per heavy atom. The summed E-state index contributed by atoms with van der Waals surface area (Å²) in [5.41, 5.74) is 0. The van der Waals surface area contributed by atoms with Gasteiger partial charge in [-0.25, -0.2) is 10.0 Å². The molecule has 1 fully saturated rings. The summed E-state index contributed by atoms with van der Waals surface area (Å²) in [6.07, 6.45) is 0. The Balaban J connectivity index is 2.11. The fourth-order valence-electron chi connectivity index (χ4n) is 2.07. The first-order valence-electron chi connectivity index (χ1n) is 7.60. The van der Waals surface area contributed by atoms with Gasteiger partial charge in [-0.2, -0.15) is 5.11 Å². The zero-order valence-electron chi connectivity index (χ0n) is 14.2. The first-order valence-corrected chi connectivity index (χ1v) is 9.40. The van der Waals surface area contributed by atoms with E-state index in [0.717, 1.165) is 10.1 Å². The molecular weight excluding hydrogens is 368 g/mol. The maximum absolute atomic E-state index is 12.5. The molecule has 10 nitrogen and oxygen atoms in total. The number of hydrogen-bond donors (Lipinski definition) is 0. The van der Waals surface area contributed by atoms with Gasteiger partial charge in [0.1, 0.15) is 0 Å². The summed E-state index contributed by atoms with van der Waals surface area (Å²) in [5.74, 6) is -0.00182. The number of ether oxygens (including phenoxy) is 2. The van der Waals surface area contributed by atoms with Crippen LogP contribution < -0.4 is 0 Å². The second kappa shape index (κ2) is 9.75. The highest BCUT2D eigenvalue weighted by atomic mass is 32.2. The lowest BCUT2D eigenvalue weighted by atomic mass is 10.3. The molecule has 1 saturated heterocycles. The van der Waals surface area contributed by atoms with Crippen LogP contribution in [0.5, 0.6) is 0 Å². The summed E-state index contributed by atoms with van der Waals surface area (Å²) >= 11 is 2.80. The molecule has 25 heavy (non-hydrogen) atoms. The lowest BCUT2D eigenvalue weighted by Gasteiger charge is -2.26. The fourth-order valence-corrected chi connectivity index (χ4v) is 3.64. The quantitative estimate of drug-likeness (QED) is 0.334. The zero-order chi connectivity index (χ0) is 18.2. The highest BCUT2D eigenvalue weighted by Gasteiger charge is 2.45. The van der Waals surface area contributed by atoms with Gasteiger partial charge in [-0.3, -0.25) is 9.59 Å². The Bertz CT molecular complexity index is 599. The number of carbonyl (C=O) groups excluding carboxylic acids is 2. The average Bonchev–Trinajstić information content (AvgIpc) is 3.13. The molecule has 0 aliphatic carbocycles. The number of amides is 2. The number of rotatable bonds is 10. The van der Waals surface area contributed by atoms with E-state index in [1.165, 1.54) is 47.3 Å².